The molecule has 0 amide bonds. The molecule has 0 unspecified atom stereocenters. The summed E-state index contributed by atoms with van der Waals surface area (Å²) in [7, 11) is 0. The van der Waals surface area contributed by atoms with Crippen LogP contribution in [-0.4, -0.2) is 5.71 Å². The fraction of sp³-hybridized carbons (Fsp3) is 0.133. The molecule has 0 saturated carbocycles. The van der Waals surface area contributed by atoms with Gasteiger partial charge in [0.15, 0.2) is 0 Å². The number of alkyl halides is 3. The van der Waals surface area contributed by atoms with Crippen molar-refractivity contribution in [3.8, 4) is 0 Å². The van der Waals surface area contributed by atoms with Crippen LogP contribution in [0.25, 0.3) is 0 Å². The van der Waals surface area contributed by atoms with Gasteiger partial charge >= 0.3 is 6.18 Å². The molecule has 0 saturated heterocycles. The number of benzene rings is 2. The van der Waals surface area contributed by atoms with E-state index in [2.05, 4.69) is 10.5 Å². The van der Waals surface area contributed by atoms with Gasteiger partial charge in [-0.3, -0.25) is 5.43 Å². The smallest absolute Gasteiger partial charge is 0.278 e. The summed E-state index contributed by atoms with van der Waals surface area (Å²) < 4.78 is 38.7. The van der Waals surface area contributed by atoms with Crippen molar-refractivity contribution in [2.75, 3.05) is 5.43 Å². The lowest BCUT2D eigenvalue weighted by atomic mass is 10.1. The number of rotatable bonds is 3. The average Bonchev–Trinajstić information content (AvgIpc) is 2.50. The van der Waals surface area contributed by atoms with Gasteiger partial charge in [0.1, 0.15) is 0 Å². The normalized spacial score (nSPS) is 12.4. The van der Waals surface area contributed by atoms with Gasteiger partial charge in [0.2, 0.25) is 0 Å². The van der Waals surface area contributed by atoms with Crippen LogP contribution in [0, 0.1) is 0 Å². The first-order valence-electron chi connectivity index (χ1n) is 6.32. The Kier molecular flexibility index (Phi) is 5.45. The summed E-state index contributed by atoms with van der Waals surface area (Å²) >= 11 is 17.9. The van der Waals surface area contributed by atoms with Crippen molar-refractivity contribution in [3.05, 3.63) is 62.6 Å². The molecule has 0 aromatic heterocycles. The zero-order chi connectivity index (χ0) is 17.2. The van der Waals surface area contributed by atoms with Crippen molar-refractivity contribution in [3.63, 3.8) is 0 Å². The number of halogens is 6. The van der Waals surface area contributed by atoms with Gasteiger partial charge in [-0.15, -0.1) is 0 Å². The van der Waals surface area contributed by atoms with Crippen molar-refractivity contribution < 1.29 is 13.2 Å². The Morgan fingerprint density at radius 2 is 1.65 bits per heavy atom. The summed E-state index contributed by atoms with van der Waals surface area (Å²) in [5, 5.41) is 4.58. The van der Waals surface area contributed by atoms with E-state index in [1.165, 1.54) is 24.3 Å². The van der Waals surface area contributed by atoms with Crippen LogP contribution in [0.4, 0.5) is 18.9 Å². The minimum atomic E-state index is -4.48. The first-order chi connectivity index (χ1) is 10.7. The Hall–Kier alpha value is -1.43. The third-order valence-electron chi connectivity index (χ3n) is 3.00. The van der Waals surface area contributed by atoms with Crippen LogP contribution in [0.5, 0.6) is 0 Å². The molecule has 2 nitrogen and oxygen atoms in total. The van der Waals surface area contributed by atoms with Gasteiger partial charge in [0.05, 0.1) is 32.0 Å². The molecule has 0 radical (unpaired) electrons. The van der Waals surface area contributed by atoms with Crippen LogP contribution in [0.1, 0.15) is 18.1 Å². The molecule has 0 fully saturated rings. The van der Waals surface area contributed by atoms with E-state index in [-0.39, 0.29) is 20.8 Å². The highest BCUT2D eigenvalue weighted by Crippen LogP contribution is 2.35. The predicted octanol–water partition coefficient (Wildman–Crippen LogP) is 6.50. The number of nitrogens with one attached hydrogen (secondary N) is 1. The molecule has 0 aliphatic carbocycles. The first kappa shape index (κ1) is 17.9. The van der Waals surface area contributed by atoms with Gasteiger partial charge in [-0.05, 0) is 25.1 Å². The molecule has 2 aromatic rings. The molecule has 2 aromatic carbocycles. The Labute approximate surface area is 145 Å². The standard InChI is InChI=1S/C15H10Cl3F3N2/c1-8(9-6-7-11(16)14(18)13(9)17)22-23-12-5-3-2-4-10(12)15(19,20)21/h2-7,23H,1H3/b22-8-. The number of anilines is 1. The van der Waals surface area contributed by atoms with Gasteiger partial charge in [-0.2, -0.15) is 18.3 Å². The van der Waals surface area contributed by atoms with E-state index in [0.717, 1.165) is 6.07 Å². The maximum Gasteiger partial charge on any atom is 0.418 e. The zero-order valence-corrected chi connectivity index (χ0v) is 13.9. The quantitative estimate of drug-likeness (QED) is 0.366. The summed E-state index contributed by atoms with van der Waals surface area (Å²) in [6.07, 6.45) is -4.48. The van der Waals surface area contributed by atoms with E-state index >= 15 is 0 Å². The van der Waals surface area contributed by atoms with Crippen molar-refractivity contribution in [2.45, 2.75) is 13.1 Å². The molecular weight excluding hydrogens is 372 g/mol. The van der Waals surface area contributed by atoms with Gasteiger partial charge < -0.3 is 0 Å². The molecule has 122 valence electrons. The summed E-state index contributed by atoms with van der Waals surface area (Å²) in [4.78, 5) is 0. The second-order valence-corrected chi connectivity index (χ2v) is 5.74. The lowest BCUT2D eigenvalue weighted by Crippen LogP contribution is -2.09. The maximum absolute atomic E-state index is 12.9. The van der Waals surface area contributed by atoms with E-state index in [9.17, 15) is 13.2 Å². The number of hydrazone groups is 1. The fourth-order valence-electron chi connectivity index (χ4n) is 1.84. The molecule has 0 aliphatic rings. The minimum Gasteiger partial charge on any atom is -0.278 e. The zero-order valence-electron chi connectivity index (χ0n) is 11.7. The van der Waals surface area contributed by atoms with Crippen molar-refractivity contribution >= 4 is 46.2 Å². The highest BCUT2D eigenvalue weighted by Gasteiger charge is 2.33. The van der Waals surface area contributed by atoms with E-state index in [1.807, 2.05) is 0 Å². The fourth-order valence-corrected chi connectivity index (χ4v) is 2.51. The number of para-hydroxylation sites is 1. The summed E-state index contributed by atoms with van der Waals surface area (Å²) in [6.45, 7) is 1.59. The average molecular weight is 382 g/mol. The third-order valence-corrected chi connectivity index (χ3v) is 4.30. The second kappa shape index (κ2) is 6.99. The molecule has 0 aliphatic heterocycles. The van der Waals surface area contributed by atoms with Gasteiger partial charge in [-0.1, -0.05) is 53.0 Å². The van der Waals surface area contributed by atoms with Gasteiger partial charge in [0, 0.05) is 5.56 Å². The predicted molar refractivity (Wildman–Crippen MR) is 88.7 cm³/mol. The molecule has 2 rings (SSSR count). The van der Waals surface area contributed by atoms with Crippen molar-refractivity contribution in [2.24, 2.45) is 5.10 Å². The van der Waals surface area contributed by atoms with Crippen molar-refractivity contribution in [1.29, 1.82) is 0 Å². The Morgan fingerprint density at radius 1 is 1.00 bits per heavy atom. The van der Waals surface area contributed by atoms with Crippen LogP contribution in [0.2, 0.25) is 15.1 Å². The molecule has 1 N–H and O–H groups in total. The molecule has 8 heteroatoms. The number of hydrogen-bond acceptors (Lipinski definition) is 2. The lowest BCUT2D eigenvalue weighted by molar-refractivity contribution is -0.136. The Balaban J connectivity index is 2.33. The van der Waals surface area contributed by atoms with Crippen LogP contribution in [0.3, 0.4) is 0 Å². The van der Waals surface area contributed by atoms with Gasteiger partial charge in [0.25, 0.3) is 0 Å². The molecule has 0 spiro atoms. The summed E-state index contributed by atoms with van der Waals surface area (Å²) in [6, 6.07) is 8.17. The largest absolute Gasteiger partial charge is 0.418 e. The van der Waals surface area contributed by atoms with Crippen molar-refractivity contribution in [1.82, 2.24) is 0 Å². The molecule has 0 bridgehead atoms. The first-order valence-corrected chi connectivity index (χ1v) is 7.45. The Bertz CT molecular complexity index is 758. The topological polar surface area (TPSA) is 24.4 Å². The molecule has 0 heterocycles. The minimum absolute atomic E-state index is 0.157. The van der Waals surface area contributed by atoms with E-state index in [0.29, 0.717) is 11.3 Å². The van der Waals surface area contributed by atoms with E-state index < -0.39 is 11.7 Å². The van der Waals surface area contributed by atoms with Crippen LogP contribution < -0.4 is 5.43 Å². The van der Waals surface area contributed by atoms with Gasteiger partial charge in [-0.25, -0.2) is 0 Å². The highest BCUT2D eigenvalue weighted by molar-refractivity contribution is 6.49. The number of nitrogens with zero attached hydrogens (tertiary/aromatic N) is 1. The lowest BCUT2D eigenvalue weighted by Gasteiger charge is -2.12. The Morgan fingerprint density at radius 3 is 2.30 bits per heavy atom. The molecular formula is C15H10Cl3F3N2. The molecule has 23 heavy (non-hydrogen) atoms. The molecule has 0 atom stereocenters. The summed E-state index contributed by atoms with van der Waals surface area (Å²) in [5.74, 6) is 0. The van der Waals surface area contributed by atoms with E-state index in [4.69, 9.17) is 34.8 Å². The third kappa shape index (κ3) is 4.10. The highest BCUT2D eigenvalue weighted by atomic mass is 35.5. The monoisotopic (exact) mass is 380 g/mol. The van der Waals surface area contributed by atoms with Crippen LogP contribution in [0.15, 0.2) is 41.5 Å². The SMILES string of the molecule is C/C(=N/Nc1ccccc1C(F)(F)F)c1ccc(Cl)c(Cl)c1Cl. The van der Waals surface area contributed by atoms with Crippen LogP contribution >= 0.6 is 34.8 Å². The summed E-state index contributed by atoms with van der Waals surface area (Å²) in [5.41, 5.74) is 2.28. The van der Waals surface area contributed by atoms with Crippen LogP contribution in [-0.2, 0) is 6.18 Å². The second-order valence-electron chi connectivity index (χ2n) is 4.58. The number of hydrogen-bond donors (Lipinski definition) is 1. The van der Waals surface area contributed by atoms with E-state index in [1.54, 1.807) is 13.0 Å². The maximum atomic E-state index is 12.9.